The van der Waals surface area contributed by atoms with Crippen LogP contribution in [0.15, 0.2) is 48.3 Å². The molecule has 0 aliphatic carbocycles. The monoisotopic (exact) mass is 318 g/mol. The highest BCUT2D eigenvalue weighted by Crippen LogP contribution is 2.27. The average Bonchev–Trinajstić information content (AvgIpc) is 3.20. The van der Waals surface area contributed by atoms with E-state index >= 15 is 0 Å². The third kappa shape index (κ3) is 2.62. The lowest BCUT2D eigenvalue weighted by Crippen LogP contribution is -2.15. The van der Waals surface area contributed by atoms with E-state index in [1.807, 2.05) is 37.3 Å². The predicted molar refractivity (Wildman–Crippen MR) is 96.0 cm³/mol. The third-order valence-electron chi connectivity index (χ3n) is 4.13. The Bertz CT molecular complexity index is 953. The highest BCUT2D eigenvalue weighted by Gasteiger charge is 2.20. The largest absolute Gasteiger partial charge is 0.370 e. The van der Waals surface area contributed by atoms with Gasteiger partial charge in [-0.05, 0) is 37.6 Å². The Morgan fingerprint density at radius 1 is 1.25 bits per heavy atom. The van der Waals surface area contributed by atoms with E-state index in [0.29, 0.717) is 5.84 Å². The van der Waals surface area contributed by atoms with Crippen molar-refractivity contribution in [3.8, 4) is 0 Å². The second-order valence-electron chi connectivity index (χ2n) is 5.83. The fourth-order valence-electron chi connectivity index (χ4n) is 2.95. The topological polar surface area (TPSA) is 89.5 Å². The smallest absolute Gasteiger partial charge is 0.130 e. The Hall–Kier alpha value is -3.15. The molecule has 4 rings (SSSR count). The minimum Gasteiger partial charge on any atom is -0.370 e. The van der Waals surface area contributed by atoms with E-state index in [1.165, 1.54) is 0 Å². The quantitative estimate of drug-likeness (QED) is 0.597. The standard InChI is InChI=1S/C18H18N6/c1-11-3-2-4-16(23-11)24-17(13-7-8-20-18(13)19)12-5-6-14-15(9-12)22-10-21-14/h2-6,9-10H,7-8H2,1H3,(H2,19,20)(H,21,22)(H,23,24)/b17-13-. The van der Waals surface area contributed by atoms with Gasteiger partial charge in [-0.2, -0.15) is 0 Å². The van der Waals surface area contributed by atoms with Gasteiger partial charge in [-0.1, -0.05) is 12.1 Å². The van der Waals surface area contributed by atoms with Crippen molar-refractivity contribution in [3.05, 3.63) is 59.6 Å². The van der Waals surface area contributed by atoms with E-state index in [2.05, 4.69) is 31.7 Å². The number of nitrogens with zero attached hydrogens (tertiary/aromatic N) is 2. The van der Waals surface area contributed by atoms with Crippen molar-refractivity contribution in [1.82, 2.24) is 20.3 Å². The van der Waals surface area contributed by atoms with Gasteiger partial charge in [0, 0.05) is 23.4 Å². The van der Waals surface area contributed by atoms with E-state index in [0.717, 1.165) is 52.3 Å². The number of benzene rings is 1. The molecular weight excluding hydrogens is 300 g/mol. The summed E-state index contributed by atoms with van der Waals surface area (Å²) in [5.74, 6) is 1.25. The van der Waals surface area contributed by atoms with Crippen molar-refractivity contribution in [3.63, 3.8) is 0 Å². The SMILES string of the molecule is Cc1cccc(N/C(=C2/CCNC2=N)c2ccc3nc[nH]c3c2)n1. The van der Waals surface area contributed by atoms with Crippen molar-refractivity contribution >= 4 is 28.4 Å². The summed E-state index contributed by atoms with van der Waals surface area (Å²) in [6, 6.07) is 11.9. The minimum atomic E-state index is 0.467. The van der Waals surface area contributed by atoms with Crippen molar-refractivity contribution in [2.45, 2.75) is 13.3 Å². The zero-order chi connectivity index (χ0) is 16.5. The zero-order valence-electron chi connectivity index (χ0n) is 13.4. The number of H-pyrrole nitrogens is 1. The molecule has 1 fully saturated rings. The second-order valence-corrected chi connectivity index (χ2v) is 5.83. The Balaban J connectivity index is 1.82. The summed E-state index contributed by atoms with van der Waals surface area (Å²) in [6.07, 6.45) is 2.50. The molecule has 0 spiro atoms. The number of rotatable bonds is 3. The third-order valence-corrected chi connectivity index (χ3v) is 4.13. The van der Waals surface area contributed by atoms with Crippen LogP contribution in [0.5, 0.6) is 0 Å². The number of nitrogens with one attached hydrogen (secondary N) is 4. The number of imidazole rings is 1. The van der Waals surface area contributed by atoms with Crippen LogP contribution in [0.3, 0.4) is 0 Å². The maximum Gasteiger partial charge on any atom is 0.130 e. The normalized spacial score (nSPS) is 16.3. The molecule has 1 saturated heterocycles. The zero-order valence-corrected chi connectivity index (χ0v) is 13.4. The van der Waals surface area contributed by atoms with Crippen molar-refractivity contribution < 1.29 is 0 Å². The molecule has 6 nitrogen and oxygen atoms in total. The van der Waals surface area contributed by atoms with Crippen LogP contribution in [-0.4, -0.2) is 27.3 Å². The van der Waals surface area contributed by atoms with Crippen LogP contribution in [0.1, 0.15) is 17.7 Å². The highest BCUT2D eigenvalue weighted by atomic mass is 15.0. The highest BCUT2D eigenvalue weighted by molar-refractivity contribution is 6.06. The van der Waals surface area contributed by atoms with Gasteiger partial charge >= 0.3 is 0 Å². The first kappa shape index (κ1) is 14.4. The predicted octanol–water partition coefficient (Wildman–Crippen LogP) is 3.06. The van der Waals surface area contributed by atoms with Gasteiger partial charge in [0.15, 0.2) is 0 Å². The molecule has 6 heteroatoms. The summed E-state index contributed by atoms with van der Waals surface area (Å²) >= 11 is 0. The Morgan fingerprint density at radius 2 is 2.17 bits per heavy atom. The van der Waals surface area contributed by atoms with Crippen LogP contribution in [0.4, 0.5) is 5.82 Å². The maximum absolute atomic E-state index is 8.18. The van der Waals surface area contributed by atoms with E-state index in [9.17, 15) is 0 Å². The molecule has 0 amide bonds. The molecule has 120 valence electrons. The molecule has 0 saturated carbocycles. The lowest BCUT2D eigenvalue weighted by Gasteiger charge is -2.14. The number of hydrogen-bond donors (Lipinski definition) is 4. The molecule has 3 heterocycles. The van der Waals surface area contributed by atoms with E-state index in [4.69, 9.17) is 5.41 Å². The summed E-state index contributed by atoms with van der Waals surface area (Å²) in [5, 5.41) is 14.7. The number of aryl methyl sites for hydroxylation is 1. The van der Waals surface area contributed by atoms with Gasteiger partial charge in [0.25, 0.3) is 0 Å². The summed E-state index contributed by atoms with van der Waals surface area (Å²) in [5.41, 5.74) is 5.75. The van der Waals surface area contributed by atoms with Crippen LogP contribution in [0, 0.1) is 12.3 Å². The van der Waals surface area contributed by atoms with E-state index < -0.39 is 0 Å². The Morgan fingerprint density at radius 3 is 2.96 bits per heavy atom. The lowest BCUT2D eigenvalue weighted by molar-refractivity contribution is 0.951. The second kappa shape index (κ2) is 5.81. The Kier molecular flexibility index (Phi) is 3.49. The molecule has 0 unspecified atom stereocenters. The molecule has 0 atom stereocenters. The molecule has 0 radical (unpaired) electrons. The van der Waals surface area contributed by atoms with Crippen molar-refractivity contribution in [2.24, 2.45) is 0 Å². The van der Waals surface area contributed by atoms with E-state index in [-0.39, 0.29) is 0 Å². The van der Waals surface area contributed by atoms with Crippen LogP contribution in [0.2, 0.25) is 0 Å². The molecule has 2 aromatic heterocycles. The van der Waals surface area contributed by atoms with Gasteiger partial charge in [-0.3, -0.25) is 5.41 Å². The van der Waals surface area contributed by atoms with Gasteiger partial charge in [0.1, 0.15) is 11.7 Å². The summed E-state index contributed by atoms with van der Waals surface area (Å²) in [7, 11) is 0. The van der Waals surface area contributed by atoms with Gasteiger partial charge in [-0.25, -0.2) is 9.97 Å². The van der Waals surface area contributed by atoms with Crippen molar-refractivity contribution in [2.75, 3.05) is 11.9 Å². The van der Waals surface area contributed by atoms with Crippen molar-refractivity contribution in [1.29, 1.82) is 5.41 Å². The first-order valence-corrected chi connectivity index (χ1v) is 7.91. The van der Waals surface area contributed by atoms with Gasteiger partial charge in [-0.15, -0.1) is 0 Å². The van der Waals surface area contributed by atoms with Gasteiger partial charge in [0.2, 0.25) is 0 Å². The van der Waals surface area contributed by atoms with E-state index in [1.54, 1.807) is 6.33 Å². The molecular formula is C18H18N6. The number of aromatic amines is 1. The fourth-order valence-corrected chi connectivity index (χ4v) is 2.95. The molecule has 24 heavy (non-hydrogen) atoms. The molecule has 1 aromatic carbocycles. The van der Waals surface area contributed by atoms with Crippen LogP contribution in [-0.2, 0) is 0 Å². The van der Waals surface area contributed by atoms with Crippen LogP contribution < -0.4 is 10.6 Å². The lowest BCUT2D eigenvalue weighted by atomic mass is 10.0. The summed E-state index contributed by atoms with van der Waals surface area (Å²) < 4.78 is 0. The number of fused-ring (bicyclic) bond motifs is 1. The maximum atomic E-state index is 8.18. The summed E-state index contributed by atoms with van der Waals surface area (Å²) in [4.78, 5) is 11.9. The number of anilines is 1. The van der Waals surface area contributed by atoms with Crippen LogP contribution in [0.25, 0.3) is 16.7 Å². The number of amidine groups is 1. The number of aromatic nitrogens is 3. The molecule has 0 bridgehead atoms. The molecule has 1 aliphatic heterocycles. The van der Waals surface area contributed by atoms with Gasteiger partial charge < -0.3 is 15.6 Å². The molecule has 3 aromatic rings. The first-order valence-electron chi connectivity index (χ1n) is 7.91. The molecule has 1 aliphatic rings. The summed E-state index contributed by atoms with van der Waals surface area (Å²) in [6.45, 7) is 2.75. The molecule has 4 N–H and O–H groups in total. The number of hydrogen-bond acceptors (Lipinski definition) is 4. The fraction of sp³-hybridized carbons (Fsp3) is 0.167. The first-order chi connectivity index (χ1) is 11.7. The average molecular weight is 318 g/mol. The Labute approximate surface area is 139 Å². The van der Waals surface area contributed by atoms with Crippen LogP contribution >= 0.6 is 0 Å². The number of pyridine rings is 1. The van der Waals surface area contributed by atoms with Gasteiger partial charge in [0.05, 0.1) is 23.1 Å². The minimum absolute atomic E-state index is 0.467.